The van der Waals surface area contributed by atoms with Gasteiger partial charge in [0, 0.05) is 23.6 Å². The monoisotopic (exact) mass is 462 g/mol. The van der Waals surface area contributed by atoms with E-state index in [0.29, 0.717) is 18.1 Å². The van der Waals surface area contributed by atoms with Crippen molar-refractivity contribution in [1.29, 1.82) is 0 Å². The highest BCUT2D eigenvalue weighted by Gasteiger charge is 2.51. The normalized spacial score (nSPS) is 22.9. The van der Waals surface area contributed by atoms with Crippen LogP contribution in [0.25, 0.3) is 0 Å². The molecule has 0 radical (unpaired) electrons. The summed E-state index contributed by atoms with van der Waals surface area (Å²) in [5.41, 5.74) is 0.201. The fraction of sp³-hybridized carbons (Fsp3) is 0.522. The molecule has 1 aromatic carbocycles. The lowest BCUT2D eigenvalue weighted by molar-refractivity contribution is -0.137. The Balaban J connectivity index is 1.53. The van der Waals surface area contributed by atoms with Gasteiger partial charge >= 0.3 is 6.18 Å². The van der Waals surface area contributed by atoms with E-state index in [4.69, 9.17) is 0 Å². The van der Waals surface area contributed by atoms with Crippen molar-refractivity contribution in [3.05, 3.63) is 46.6 Å². The first-order chi connectivity index (χ1) is 15.7. The molecule has 2 heterocycles. The Labute approximate surface area is 188 Å². The molecule has 176 valence electrons. The number of anilines is 1. The standard InChI is InChI=1S/C23H25F3N4O3/c1-2-29-21-18(16(11-31)28-30(21)15-8-9-15)17(12-6-7-12)19(22(29)33)27-20(32)13-4-3-5-14(10-13)23(24,25)26/h3-5,10,12,15,17,19,31H,2,6-9,11H2,1H3,(H,27,32)/t17-,19-/m1/s1. The van der Waals surface area contributed by atoms with Gasteiger partial charge in [-0.05, 0) is 56.7 Å². The number of halogens is 3. The van der Waals surface area contributed by atoms with Crippen molar-refractivity contribution in [2.24, 2.45) is 5.92 Å². The molecule has 0 spiro atoms. The van der Waals surface area contributed by atoms with Crippen LogP contribution < -0.4 is 10.2 Å². The molecule has 5 rings (SSSR count). The maximum Gasteiger partial charge on any atom is 0.416 e. The van der Waals surface area contributed by atoms with E-state index in [1.54, 1.807) is 4.90 Å². The summed E-state index contributed by atoms with van der Waals surface area (Å²) in [6.07, 6.45) is -0.921. The van der Waals surface area contributed by atoms with Crippen LogP contribution in [-0.2, 0) is 17.6 Å². The maximum absolute atomic E-state index is 13.6. The van der Waals surface area contributed by atoms with Gasteiger partial charge in [0.1, 0.15) is 11.9 Å². The minimum Gasteiger partial charge on any atom is -0.390 e. The molecule has 0 unspecified atom stereocenters. The smallest absolute Gasteiger partial charge is 0.390 e. The zero-order chi connectivity index (χ0) is 23.5. The van der Waals surface area contributed by atoms with Gasteiger partial charge < -0.3 is 10.4 Å². The molecule has 2 atom stereocenters. The van der Waals surface area contributed by atoms with Gasteiger partial charge in [-0.3, -0.25) is 14.5 Å². The lowest BCUT2D eigenvalue weighted by Gasteiger charge is -2.38. The van der Waals surface area contributed by atoms with Crippen LogP contribution in [0.5, 0.6) is 0 Å². The summed E-state index contributed by atoms with van der Waals surface area (Å²) in [7, 11) is 0. The Morgan fingerprint density at radius 3 is 2.55 bits per heavy atom. The number of carbonyl (C=O) groups is 2. The van der Waals surface area contributed by atoms with Gasteiger partial charge in [0.15, 0.2) is 0 Å². The largest absolute Gasteiger partial charge is 0.416 e. The van der Waals surface area contributed by atoms with E-state index >= 15 is 0 Å². The van der Waals surface area contributed by atoms with Crippen molar-refractivity contribution < 1.29 is 27.9 Å². The van der Waals surface area contributed by atoms with Crippen LogP contribution >= 0.6 is 0 Å². The molecule has 7 nitrogen and oxygen atoms in total. The first-order valence-corrected chi connectivity index (χ1v) is 11.3. The quantitative estimate of drug-likeness (QED) is 0.689. The number of aliphatic hydroxyl groups excluding tert-OH is 1. The Kier molecular flexibility index (Phi) is 5.23. The topological polar surface area (TPSA) is 87.5 Å². The van der Waals surface area contributed by atoms with Crippen LogP contribution in [0.15, 0.2) is 24.3 Å². The number of aliphatic hydroxyl groups is 1. The van der Waals surface area contributed by atoms with Crippen LogP contribution in [0.2, 0.25) is 0 Å². The molecule has 10 heteroatoms. The number of hydrogen-bond acceptors (Lipinski definition) is 4. The van der Waals surface area contributed by atoms with Crippen molar-refractivity contribution in [3.8, 4) is 0 Å². The second-order valence-corrected chi connectivity index (χ2v) is 8.99. The second kappa shape index (κ2) is 7.86. The van der Waals surface area contributed by atoms with Gasteiger partial charge in [0.2, 0.25) is 0 Å². The molecular weight excluding hydrogens is 437 g/mol. The summed E-state index contributed by atoms with van der Waals surface area (Å²) in [6, 6.07) is 3.43. The summed E-state index contributed by atoms with van der Waals surface area (Å²) < 4.78 is 41.2. The molecule has 1 aliphatic heterocycles. The van der Waals surface area contributed by atoms with E-state index in [2.05, 4.69) is 10.4 Å². The van der Waals surface area contributed by atoms with Crippen molar-refractivity contribution in [1.82, 2.24) is 15.1 Å². The summed E-state index contributed by atoms with van der Waals surface area (Å²) >= 11 is 0. The molecule has 0 bridgehead atoms. The van der Waals surface area contributed by atoms with Crippen LogP contribution in [0.1, 0.15) is 71.7 Å². The van der Waals surface area contributed by atoms with Gasteiger partial charge in [-0.2, -0.15) is 18.3 Å². The van der Waals surface area contributed by atoms with E-state index in [1.807, 2.05) is 11.6 Å². The fourth-order valence-electron chi connectivity index (χ4n) is 4.86. The molecule has 1 aromatic heterocycles. The zero-order valence-corrected chi connectivity index (χ0v) is 18.1. The van der Waals surface area contributed by atoms with Gasteiger partial charge in [0.25, 0.3) is 11.8 Å². The number of nitrogens with one attached hydrogen (secondary N) is 1. The van der Waals surface area contributed by atoms with E-state index < -0.39 is 23.7 Å². The number of hydrogen-bond donors (Lipinski definition) is 2. The number of carbonyl (C=O) groups excluding carboxylic acids is 2. The fourth-order valence-corrected chi connectivity index (χ4v) is 4.86. The van der Waals surface area contributed by atoms with E-state index in [0.717, 1.165) is 43.4 Å². The van der Waals surface area contributed by atoms with Gasteiger partial charge in [0.05, 0.1) is 23.9 Å². The number of rotatable bonds is 6. The highest BCUT2D eigenvalue weighted by molar-refractivity contribution is 6.05. The summed E-state index contributed by atoms with van der Waals surface area (Å²) in [5.74, 6) is -0.575. The van der Waals surface area contributed by atoms with E-state index in [1.165, 1.54) is 12.1 Å². The maximum atomic E-state index is 13.6. The Morgan fingerprint density at radius 2 is 1.97 bits per heavy atom. The van der Waals surface area contributed by atoms with Gasteiger partial charge in [-0.25, -0.2) is 4.68 Å². The lowest BCUT2D eigenvalue weighted by Crippen LogP contribution is -2.55. The van der Waals surface area contributed by atoms with Gasteiger partial charge in [-0.1, -0.05) is 6.07 Å². The molecule has 2 N–H and O–H groups in total. The van der Waals surface area contributed by atoms with Gasteiger partial charge in [-0.15, -0.1) is 0 Å². The molecule has 2 aliphatic carbocycles. The molecule has 2 aromatic rings. The predicted molar refractivity (Wildman–Crippen MR) is 113 cm³/mol. The summed E-state index contributed by atoms with van der Waals surface area (Å²) in [6.45, 7) is 1.89. The van der Waals surface area contributed by atoms with E-state index in [-0.39, 0.29) is 36.0 Å². The third kappa shape index (κ3) is 3.80. The Hall–Kier alpha value is -2.88. The Bertz CT molecular complexity index is 1100. The van der Waals surface area contributed by atoms with Crippen LogP contribution in [0.4, 0.5) is 19.0 Å². The summed E-state index contributed by atoms with van der Waals surface area (Å²) in [5, 5.41) is 17.4. The average Bonchev–Trinajstić information content (AvgIpc) is 3.71. The van der Waals surface area contributed by atoms with Crippen LogP contribution in [0, 0.1) is 5.92 Å². The average molecular weight is 462 g/mol. The minimum atomic E-state index is -4.57. The number of aromatic nitrogens is 2. The molecular formula is C23H25F3N4O3. The predicted octanol–water partition coefficient (Wildman–Crippen LogP) is 3.39. The lowest BCUT2D eigenvalue weighted by atomic mass is 9.82. The van der Waals surface area contributed by atoms with E-state index in [9.17, 15) is 27.9 Å². The SMILES string of the molecule is CCN1C(=O)[C@H](NC(=O)c2cccc(C(F)(F)F)c2)[C@H](C2CC2)c2c(CO)nn(C3CC3)c21. The molecule has 0 saturated heterocycles. The van der Waals surface area contributed by atoms with Crippen LogP contribution in [-0.4, -0.2) is 39.3 Å². The Morgan fingerprint density at radius 1 is 1.24 bits per heavy atom. The number of nitrogens with zero attached hydrogens (tertiary/aromatic N) is 3. The molecule has 2 amide bonds. The number of likely N-dealkylation sites (N-methyl/N-ethyl adjacent to an activating group) is 1. The molecule has 2 fully saturated rings. The number of amides is 2. The van der Waals surface area contributed by atoms with Crippen molar-refractivity contribution >= 4 is 17.6 Å². The molecule has 3 aliphatic rings. The first-order valence-electron chi connectivity index (χ1n) is 11.3. The highest BCUT2D eigenvalue weighted by atomic mass is 19.4. The third-order valence-electron chi connectivity index (χ3n) is 6.70. The second-order valence-electron chi connectivity index (χ2n) is 8.99. The number of fused-ring (bicyclic) bond motifs is 1. The molecule has 33 heavy (non-hydrogen) atoms. The van der Waals surface area contributed by atoms with Crippen molar-refractivity contribution in [3.63, 3.8) is 0 Å². The third-order valence-corrected chi connectivity index (χ3v) is 6.70. The minimum absolute atomic E-state index is 0.140. The van der Waals surface area contributed by atoms with Crippen molar-refractivity contribution in [2.45, 2.75) is 63.4 Å². The summed E-state index contributed by atoms with van der Waals surface area (Å²) in [4.78, 5) is 28.1. The molecule has 2 saturated carbocycles. The van der Waals surface area contributed by atoms with Crippen LogP contribution in [0.3, 0.4) is 0 Å². The zero-order valence-electron chi connectivity index (χ0n) is 18.1. The highest BCUT2D eigenvalue weighted by Crippen LogP contribution is 2.53. The van der Waals surface area contributed by atoms with Crippen molar-refractivity contribution in [2.75, 3.05) is 11.4 Å². The first kappa shape index (κ1) is 21.9. The number of alkyl halides is 3. The number of benzene rings is 1.